The number of hydrogen-bond acceptors (Lipinski definition) is 2. The number of aryl methyl sites for hydroxylation is 1. The van der Waals surface area contributed by atoms with Gasteiger partial charge in [0.05, 0.1) is 0 Å². The van der Waals surface area contributed by atoms with Crippen molar-refractivity contribution in [1.29, 1.82) is 0 Å². The maximum Gasteiger partial charge on any atom is 0.252 e. The first-order chi connectivity index (χ1) is 16.5. The molecule has 4 aromatic rings. The molecule has 1 heterocycles. The Labute approximate surface area is 200 Å². The van der Waals surface area contributed by atoms with Gasteiger partial charge in [0.2, 0.25) is 5.91 Å². The van der Waals surface area contributed by atoms with Crippen LogP contribution in [0.15, 0.2) is 85.1 Å². The van der Waals surface area contributed by atoms with Crippen LogP contribution in [0.1, 0.15) is 46.8 Å². The van der Waals surface area contributed by atoms with Gasteiger partial charge in [-0.25, -0.2) is 0 Å². The van der Waals surface area contributed by atoms with Gasteiger partial charge in [0.25, 0.3) is 5.91 Å². The van der Waals surface area contributed by atoms with E-state index in [0.29, 0.717) is 12.1 Å². The van der Waals surface area contributed by atoms with Crippen molar-refractivity contribution in [3.8, 4) is 0 Å². The number of carbonyl (C=O) groups is 2. The Morgan fingerprint density at radius 2 is 1.56 bits per heavy atom. The van der Waals surface area contributed by atoms with Gasteiger partial charge < -0.3 is 15.6 Å². The molecule has 0 aliphatic rings. The van der Waals surface area contributed by atoms with Crippen LogP contribution in [0.25, 0.3) is 10.9 Å². The molecule has 0 aliphatic heterocycles. The quantitative estimate of drug-likeness (QED) is 0.344. The molecule has 174 valence electrons. The molecule has 0 saturated heterocycles. The molecular weight excluding hydrogens is 422 g/mol. The second kappa shape index (κ2) is 10.4. The Balaban J connectivity index is 1.54. The van der Waals surface area contributed by atoms with Gasteiger partial charge in [-0.2, -0.15) is 0 Å². The van der Waals surface area contributed by atoms with Crippen LogP contribution in [-0.4, -0.2) is 29.4 Å². The van der Waals surface area contributed by atoms with Crippen LogP contribution in [0.4, 0.5) is 0 Å². The summed E-state index contributed by atoms with van der Waals surface area (Å²) in [6.07, 6.45) is 2.02. The molecule has 2 unspecified atom stereocenters. The summed E-state index contributed by atoms with van der Waals surface area (Å²) in [7, 11) is 0. The summed E-state index contributed by atoms with van der Waals surface area (Å²) in [5.41, 5.74) is 4.79. The molecule has 0 fully saturated rings. The van der Waals surface area contributed by atoms with Crippen LogP contribution in [0.2, 0.25) is 0 Å². The molecule has 0 radical (unpaired) electrons. The van der Waals surface area contributed by atoms with Crippen molar-refractivity contribution in [1.82, 2.24) is 15.6 Å². The van der Waals surface area contributed by atoms with Crippen molar-refractivity contribution in [3.63, 3.8) is 0 Å². The van der Waals surface area contributed by atoms with Crippen molar-refractivity contribution in [2.45, 2.75) is 32.7 Å². The molecule has 0 bridgehead atoms. The van der Waals surface area contributed by atoms with Gasteiger partial charge in [-0.15, -0.1) is 0 Å². The lowest BCUT2D eigenvalue weighted by Gasteiger charge is -2.24. The molecule has 0 saturated carbocycles. The summed E-state index contributed by atoms with van der Waals surface area (Å²) >= 11 is 0. The number of amides is 2. The maximum atomic E-state index is 13.3. The number of fused-ring (bicyclic) bond motifs is 1. The summed E-state index contributed by atoms with van der Waals surface area (Å²) in [4.78, 5) is 29.5. The third kappa shape index (κ3) is 5.04. The fraction of sp³-hybridized carbons (Fsp3) is 0.241. The van der Waals surface area contributed by atoms with E-state index in [1.807, 2.05) is 75.5 Å². The van der Waals surface area contributed by atoms with Crippen LogP contribution in [0.3, 0.4) is 0 Å². The molecular formula is C29H31N3O2. The second-order valence-corrected chi connectivity index (χ2v) is 9.01. The van der Waals surface area contributed by atoms with E-state index in [4.69, 9.17) is 0 Å². The van der Waals surface area contributed by atoms with E-state index in [1.165, 1.54) is 0 Å². The summed E-state index contributed by atoms with van der Waals surface area (Å²) in [6, 6.07) is 25.1. The third-order valence-electron chi connectivity index (χ3n) is 6.30. The second-order valence-electron chi connectivity index (χ2n) is 9.01. The number of benzene rings is 3. The monoisotopic (exact) mass is 453 g/mol. The maximum absolute atomic E-state index is 13.3. The van der Waals surface area contributed by atoms with Crippen molar-refractivity contribution < 1.29 is 9.59 Å². The molecule has 0 aliphatic carbocycles. The minimum atomic E-state index is -0.633. The highest BCUT2D eigenvalue weighted by Crippen LogP contribution is 2.30. The highest BCUT2D eigenvalue weighted by molar-refractivity contribution is 5.98. The van der Waals surface area contributed by atoms with E-state index >= 15 is 0 Å². The number of H-pyrrole nitrogens is 1. The van der Waals surface area contributed by atoms with Crippen LogP contribution in [0, 0.1) is 12.8 Å². The van der Waals surface area contributed by atoms with Crippen molar-refractivity contribution in [3.05, 3.63) is 107 Å². The predicted octanol–water partition coefficient (Wildman–Crippen LogP) is 5.18. The van der Waals surface area contributed by atoms with Crippen LogP contribution < -0.4 is 10.6 Å². The summed E-state index contributed by atoms with van der Waals surface area (Å²) in [6.45, 7) is 6.20. The van der Waals surface area contributed by atoms with E-state index in [0.717, 1.165) is 27.6 Å². The molecule has 2 amide bonds. The zero-order valence-corrected chi connectivity index (χ0v) is 19.8. The van der Waals surface area contributed by atoms with E-state index in [2.05, 4.69) is 39.9 Å². The molecule has 2 atom stereocenters. The fourth-order valence-corrected chi connectivity index (χ4v) is 4.37. The van der Waals surface area contributed by atoms with E-state index in [1.54, 1.807) is 6.07 Å². The lowest BCUT2D eigenvalue weighted by molar-refractivity contribution is -0.123. The molecule has 3 aromatic carbocycles. The smallest absolute Gasteiger partial charge is 0.252 e. The van der Waals surface area contributed by atoms with E-state index in [9.17, 15) is 9.59 Å². The average Bonchev–Trinajstić information content (AvgIpc) is 3.27. The molecule has 1 aromatic heterocycles. The topological polar surface area (TPSA) is 74.0 Å². The number of aromatic nitrogens is 1. The number of hydrogen-bond donors (Lipinski definition) is 3. The average molecular weight is 454 g/mol. The molecule has 4 rings (SSSR count). The minimum absolute atomic E-state index is 0.0267. The normalized spacial score (nSPS) is 12.9. The summed E-state index contributed by atoms with van der Waals surface area (Å²) in [5, 5.41) is 7.20. The first-order valence-corrected chi connectivity index (χ1v) is 11.7. The third-order valence-corrected chi connectivity index (χ3v) is 6.30. The lowest BCUT2D eigenvalue weighted by Crippen LogP contribution is -2.50. The Morgan fingerprint density at radius 1 is 0.882 bits per heavy atom. The SMILES string of the molecule is Cc1ccccc1C(=O)NC(C(=O)NCC(c1ccccc1)c1c[nH]c2ccccc12)C(C)C. The Morgan fingerprint density at radius 3 is 2.29 bits per heavy atom. The van der Waals surface area contributed by atoms with Crippen LogP contribution >= 0.6 is 0 Å². The Bertz CT molecular complexity index is 1280. The number of aromatic amines is 1. The lowest BCUT2D eigenvalue weighted by atomic mass is 9.90. The van der Waals surface area contributed by atoms with E-state index < -0.39 is 6.04 Å². The van der Waals surface area contributed by atoms with Gasteiger partial charge in [-0.3, -0.25) is 9.59 Å². The van der Waals surface area contributed by atoms with Gasteiger partial charge in [0, 0.05) is 35.1 Å². The molecule has 5 nitrogen and oxygen atoms in total. The predicted molar refractivity (Wildman–Crippen MR) is 137 cm³/mol. The highest BCUT2D eigenvalue weighted by atomic mass is 16.2. The summed E-state index contributed by atoms with van der Waals surface area (Å²) in [5.74, 6) is -0.502. The standard InChI is InChI=1S/C29H31N3O2/c1-19(2)27(32-28(33)22-14-8-7-11-20(22)3)29(34)31-17-24(21-12-5-4-6-13-21)25-18-30-26-16-10-9-15-23(25)26/h4-16,18-19,24,27,30H,17H2,1-3H3,(H,31,34)(H,32,33). The molecule has 3 N–H and O–H groups in total. The van der Waals surface area contributed by atoms with Gasteiger partial charge in [-0.1, -0.05) is 80.6 Å². The Hall–Kier alpha value is -3.86. The number of para-hydroxylation sites is 1. The van der Waals surface area contributed by atoms with E-state index in [-0.39, 0.29) is 23.7 Å². The first-order valence-electron chi connectivity index (χ1n) is 11.7. The molecule has 0 spiro atoms. The number of nitrogens with one attached hydrogen (secondary N) is 3. The van der Waals surface area contributed by atoms with Gasteiger partial charge in [-0.05, 0) is 41.7 Å². The van der Waals surface area contributed by atoms with Crippen LogP contribution in [-0.2, 0) is 4.79 Å². The van der Waals surface area contributed by atoms with Gasteiger partial charge in [0.1, 0.15) is 6.04 Å². The highest BCUT2D eigenvalue weighted by Gasteiger charge is 2.27. The minimum Gasteiger partial charge on any atom is -0.361 e. The van der Waals surface area contributed by atoms with Crippen molar-refractivity contribution in [2.24, 2.45) is 5.92 Å². The largest absolute Gasteiger partial charge is 0.361 e. The molecule has 5 heteroatoms. The van der Waals surface area contributed by atoms with Crippen molar-refractivity contribution in [2.75, 3.05) is 6.54 Å². The molecule has 34 heavy (non-hydrogen) atoms. The van der Waals surface area contributed by atoms with Crippen molar-refractivity contribution >= 4 is 22.7 Å². The Kier molecular flexibility index (Phi) is 7.12. The number of carbonyl (C=O) groups excluding carboxylic acids is 2. The first kappa shape index (κ1) is 23.3. The van der Waals surface area contributed by atoms with Gasteiger partial charge in [0.15, 0.2) is 0 Å². The summed E-state index contributed by atoms with van der Waals surface area (Å²) < 4.78 is 0. The number of rotatable bonds is 8. The zero-order chi connectivity index (χ0) is 24.1. The van der Waals surface area contributed by atoms with Gasteiger partial charge >= 0.3 is 0 Å². The zero-order valence-electron chi connectivity index (χ0n) is 19.8. The van der Waals surface area contributed by atoms with Crippen LogP contribution in [0.5, 0.6) is 0 Å². The fourth-order valence-electron chi connectivity index (χ4n) is 4.37.